The standard InChI is InChI=1S/C13H10N2O3/c16-12(15-10-4-2-1-3-5-10)9-6-7-11(13(17)18)14-8-9/h1-8H,(H,15,16)(H,17,18). The molecule has 0 spiro atoms. The number of pyridine rings is 1. The first-order valence-electron chi connectivity index (χ1n) is 5.22. The Balaban J connectivity index is 2.12. The number of carbonyl (C=O) groups excluding carboxylic acids is 1. The molecule has 1 aromatic heterocycles. The van der Waals surface area contributed by atoms with Crippen molar-refractivity contribution in [2.75, 3.05) is 5.32 Å². The summed E-state index contributed by atoms with van der Waals surface area (Å²) < 4.78 is 0. The Kier molecular flexibility index (Phi) is 3.33. The summed E-state index contributed by atoms with van der Waals surface area (Å²) in [5, 5.41) is 11.4. The molecule has 0 saturated carbocycles. The van der Waals surface area contributed by atoms with E-state index >= 15 is 0 Å². The average Bonchev–Trinajstić information content (AvgIpc) is 2.40. The van der Waals surface area contributed by atoms with E-state index in [0.29, 0.717) is 11.3 Å². The number of hydrogen-bond donors (Lipinski definition) is 2. The number of rotatable bonds is 3. The number of anilines is 1. The maximum absolute atomic E-state index is 11.8. The van der Waals surface area contributed by atoms with Gasteiger partial charge in [0.25, 0.3) is 5.91 Å². The topological polar surface area (TPSA) is 79.3 Å². The zero-order valence-corrected chi connectivity index (χ0v) is 9.33. The van der Waals surface area contributed by atoms with Crippen molar-refractivity contribution in [3.8, 4) is 0 Å². The third-order valence-corrected chi connectivity index (χ3v) is 2.28. The van der Waals surface area contributed by atoms with Crippen molar-refractivity contribution in [1.29, 1.82) is 0 Å². The predicted octanol–water partition coefficient (Wildman–Crippen LogP) is 2.03. The minimum Gasteiger partial charge on any atom is -0.477 e. The van der Waals surface area contributed by atoms with Crippen LogP contribution in [0.15, 0.2) is 48.7 Å². The number of carboxylic acids is 1. The van der Waals surface area contributed by atoms with Gasteiger partial charge >= 0.3 is 5.97 Å². The predicted molar refractivity (Wildman–Crippen MR) is 65.6 cm³/mol. The molecule has 1 heterocycles. The summed E-state index contributed by atoms with van der Waals surface area (Å²) in [6.07, 6.45) is 1.24. The lowest BCUT2D eigenvalue weighted by atomic mass is 10.2. The molecule has 2 rings (SSSR count). The number of aromatic nitrogens is 1. The van der Waals surface area contributed by atoms with Crippen molar-refractivity contribution in [2.45, 2.75) is 0 Å². The van der Waals surface area contributed by atoms with Crippen LogP contribution in [0.3, 0.4) is 0 Å². The molecule has 1 aromatic carbocycles. The molecule has 2 aromatic rings. The molecule has 0 radical (unpaired) electrons. The van der Waals surface area contributed by atoms with E-state index in [1.165, 1.54) is 18.3 Å². The molecule has 0 aliphatic carbocycles. The Bertz CT molecular complexity index is 565. The number of aromatic carboxylic acids is 1. The zero-order valence-electron chi connectivity index (χ0n) is 9.33. The zero-order chi connectivity index (χ0) is 13.0. The third-order valence-electron chi connectivity index (χ3n) is 2.28. The van der Waals surface area contributed by atoms with Crippen LogP contribution in [0.4, 0.5) is 5.69 Å². The molecule has 5 heteroatoms. The lowest BCUT2D eigenvalue weighted by molar-refractivity contribution is 0.0690. The average molecular weight is 242 g/mol. The first-order chi connectivity index (χ1) is 8.66. The van der Waals surface area contributed by atoms with E-state index in [9.17, 15) is 9.59 Å². The first-order valence-corrected chi connectivity index (χ1v) is 5.22. The van der Waals surface area contributed by atoms with Crippen LogP contribution in [0.1, 0.15) is 20.8 Å². The van der Waals surface area contributed by atoms with Crippen LogP contribution in [0.2, 0.25) is 0 Å². The smallest absolute Gasteiger partial charge is 0.354 e. The highest BCUT2D eigenvalue weighted by molar-refractivity contribution is 6.04. The van der Waals surface area contributed by atoms with Gasteiger partial charge in [-0.15, -0.1) is 0 Å². The largest absolute Gasteiger partial charge is 0.477 e. The van der Waals surface area contributed by atoms with Crippen molar-refractivity contribution in [3.63, 3.8) is 0 Å². The van der Waals surface area contributed by atoms with Crippen molar-refractivity contribution < 1.29 is 14.7 Å². The van der Waals surface area contributed by atoms with Gasteiger partial charge in [0.05, 0.1) is 5.56 Å². The van der Waals surface area contributed by atoms with E-state index in [0.717, 1.165) is 0 Å². The lowest BCUT2D eigenvalue weighted by Gasteiger charge is -2.04. The van der Waals surface area contributed by atoms with Gasteiger partial charge in [0.1, 0.15) is 5.69 Å². The Labute approximate surface area is 103 Å². The molecule has 18 heavy (non-hydrogen) atoms. The molecular formula is C13H10N2O3. The van der Waals surface area contributed by atoms with Gasteiger partial charge in [0.15, 0.2) is 0 Å². The Hall–Kier alpha value is -2.69. The van der Waals surface area contributed by atoms with E-state index in [-0.39, 0.29) is 11.6 Å². The van der Waals surface area contributed by atoms with E-state index in [2.05, 4.69) is 10.3 Å². The molecule has 0 fully saturated rings. The SMILES string of the molecule is O=C(Nc1ccccc1)c1ccc(C(=O)O)nc1. The van der Waals surface area contributed by atoms with Crippen LogP contribution >= 0.6 is 0 Å². The maximum Gasteiger partial charge on any atom is 0.354 e. The number of amides is 1. The molecule has 0 bridgehead atoms. The van der Waals surface area contributed by atoms with Crippen LogP contribution in [0.25, 0.3) is 0 Å². The Morgan fingerprint density at radius 2 is 1.78 bits per heavy atom. The fourth-order valence-corrected chi connectivity index (χ4v) is 1.38. The summed E-state index contributed by atoms with van der Waals surface area (Å²) in [7, 11) is 0. The molecule has 0 unspecified atom stereocenters. The highest BCUT2D eigenvalue weighted by atomic mass is 16.4. The van der Waals surface area contributed by atoms with Crippen LogP contribution in [-0.4, -0.2) is 22.0 Å². The van der Waals surface area contributed by atoms with E-state index < -0.39 is 5.97 Å². The number of hydrogen-bond acceptors (Lipinski definition) is 3. The summed E-state index contributed by atoms with van der Waals surface area (Å²) in [5.74, 6) is -1.45. The Morgan fingerprint density at radius 3 is 2.33 bits per heavy atom. The number of nitrogens with one attached hydrogen (secondary N) is 1. The second-order valence-corrected chi connectivity index (χ2v) is 3.56. The maximum atomic E-state index is 11.8. The Morgan fingerprint density at radius 1 is 1.06 bits per heavy atom. The molecule has 1 amide bonds. The second kappa shape index (κ2) is 5.09. The van der Waals surface area contributed by atoms with Gasteiger partial charge in [0, 0.05) is 11.9 Å². The normalized spacial score (nSPS) is 9.78. The van der Waals surface area contributed by atoms with Crippen LogP contribution < -0.4 is 5.32 Å². The number of para-hydroxylation sites is 1. The van der Waals surface area contributed by atoms with Gasteiger partial charge in [-0.05, 0) is 24.3 Å². The first kappa shape index (κ1) is 11.8. The second-order valence-electron chi connectivity index (χ2n) is 3.56. The minimum absolute atomic E-state index is 0.0914. The van der Waals surface area contributed by atoms with Gasteiger partial charge in [-0.2, -0.15) is 0 Å². The molecule has 90 valence electrons. The summed E-state index contributed by atoms with van der Waals surface area (Å²) in [6.45, 7) is 0. The van der Waals surface area contributed by atoms with Crippen molar-refractivity contribution in [1.82, 2.24) is 4.98 Å². The summed E-state index contributed by atoms with van der Waals surface area (Å²) in [4.78, 5) is 26.1. The molecule has 0 aliphatic heterocycles. The van der Waals surface area contributed by atoms with Gasteiger partial charge in [-0.25, -0.2) is 9.78 Å². The molecule has 2 N–H and O–H groups in total. The summed E-state index contributed by atoms with van der Waals surface area (Å²) >= 11 is 0. The monoisotopic (exact) mass is 242 g/mol. The van der Waals surface area contributed by atoms with Gasteiger partial charge in [-0.1, -0.05) is 18.2 Å². The van der Waals surface area contributed by atoms with E-state index in [4.69, 9.17) is 5.11 Å². The molecule has 0 saturated heterocycles. The quantitative estimate of drug-likeness (QED) is 0.863. The van der Waals surface area contributed by atoms with E-state index in [1.807, 2.05) is 6.07 Å². The van der Waals surface area contributed by atoms with Crippen molar-refractivity contribution >= 4 is 17.6 Å². The van der Waals surface area contributed by atoms with Gasteiger partial charge < -0.3 is 10.4 Å². The van der Waals surface area contributed by atoms with Crippen molar-refractivity contribution in [2.24, 2.45) is 0 Å². The minimum atomic E-state index is -1.12. The fourth-order valence-electron chi connectivity index (χ4n) is 1.38. The van der Waals surface area contributed by atoms with Gasteiger partial charge in [-0.3, -0.25) is 4.79 Å². The summed E-state index contributed by atoms with van der Waals surface area (Å²) in [5.41, 5.74) is 0.889. The molecular weight excluding hydrogens is 232 g/mol. The van der Waals surface area contributed by atoms with Crippen LogP contribution in [0, 0.1) is 0 Å². The molecule has 5 nitrogen and oxygen atoms in total. The highest BCUT2D eigenvalue weighted by Gasteiger charge is 2.09. The van der Waals surface area contributed by atoms with Crippen LogP contribution in [-0.2, 0) is 0 Å². The fraction of sp³-hybridized carbons (Fsp3) is 0. The number of carboxylic acid groups (broad SMARTS) is 1. The number of benzene rings is 1. The third kappa shape index (κ3) is 2.70. The highest BCUT2D eigenvalue weighted by Crippen LogP contribution is 2.08. The van der Waals surface area contributed by atoms with Gasteiger partial charge in [0.2, 0.25) is 0 Å². The van der Waals surface area contributed by atoms with Crippen molar-refractivity contribution in [3.05, 3.63) is 59.9 Å². The van der Waals surface area contributed by atoms with Crippen LogP contribution in [0.5, 0.6) is 0 Å². The molecule has 0 aliphatic rings. The number of nitrogens with zero attached hydrogens (tertiary/aromatic N) is 1. The lowest BCUT2D eigenvalue weighted by Crippen LogP contribution is -2.12. The molecule has 0 atom stereocenters. The van der Waals surface area contributed by atoms with E-state index in [1.54, 1.807) is 24.3 Å². The summed E-state index contributed by atoms with van der Waals surface area (Å²) in [6, 6.07) is 11.7. The number of carbonyl (C=O) groups is 2.